The molecule has 1 N–H and O–H groups in total. The molecule has 0 saturated carbocycles. The molecular formula is C23H30BrN3O5S. The van der Waals surface area contributed by atoms with Gasteiger partial charge in [-0.2, -0.15) is 0 Å². The Labute approximate surface area is 204 Å². The first-order valence-corrected chi connectivity index (χ1v) is 13.0. The van der Waals surface area contributed by atoms with Crippen molar-refractivity contribution in [3.63, 3.8) is 0 Å². The highest BCUT2D eigenvalue weighted by molar-refractivity contribution is 9.10. The molecule has 0 bridgehead atoms. The lowest BCUT2D eigenvalue weighted by Crippen LogP contribution is -2.52. The van der Waals surface area contributed by atoms with E-state index in [4.69, 9.17) is 4.74 Å². The smallest absolute Gasteiger partial charge is 0.244 e. The summed E-state index contributed by atoms with van der Waals surface area (Å²) in [6.07, 6.45) is 1.04. The molecule has 0 aromatic heterocycles. The molecule has 0 saturated heterocycles. The van der Waals surface area contributed by atoms with Crippen molar-refractivity contribution in [2.45, 2.75) is 39.4 Å². The van der Waals surface area contributed by atoms with Crippen LogP contribution in [0.4, 0.5) is 5.69 Å². The summed E-state index contributed by atoms with van der Waals surface area (Å²) >= 11 is 3.38. The molecule has 180 valence electrons. The van der Waals surface area contributed by atoms with Crippen LogP contribution in [0.15, 0.2) is 53.0 Å². The van der Waals surface area contributed by atoms with Gasteiger partial charge in [-0.3, -0.25) is 13.9 Å². The minimum atomic E-state index is -3.79. The Morgan fingerprint density at radius 1 is 1.09 bits per heavy atom. The fourth-order valence-electron chi connectivity index (χ4n) is 3.15. The van der Waals surface area contributed by atoms with Crippen molar-refractivity contribution in [1.29, 1.82) is 0 Å². The number of ether oxygens (including phenoxy) is 1. The minimum absolute atomic E-state index is 0.103. The zero-order valence-corrected chi connectivity index (χ0v) is 21.8. The number of methoxy groups -OCH3 is 1. The maximum absolute atomic E-state index is 13.4. The summed E-state index contributed by atoms with van der Waals surface area (Å²) < 4.78 is 32.2. The topological polar surface area (TPSA) is 96.0 Å². The Morgan fingerprint density at radius 3 is 2.27 bits per heavy atom. The maximum atomic E-state index is 13.4. The molecule has 1 atom stereocenters. The van der Waals surface area contributed by atoms with Gasteiger partial charge in [-0.05, 0) is 50.6 Å². The van der Waals surface area contributed by atoms with Crippen molar-refractivity contribution in [3.05, 3.63) is 58.6 Å². The van der Waals surface area contributed by atoms with E-state index in [1.807, 2.05) is 38.1 Å². The van der Waals surface area contributed by atoms with Gasteiger partial charge in [0.25, 0.3) is 0 Å². The molecule has 0 aliphatic carbocycles. The molecule has 0 fully saturated rings. The van der Waals surface area contributed by atoms with Crippen molar-refractivity contribution >= 4 is 43.5 Å². The quantitative estimate of drug-likeness (QED) is 0.500. The summed E-state index contributed by atoms with van der Waals surface area (Å²) in [4.78, 5) is 27.5. The van der Waals surface area contributed by atoms with E-state index >= 15 is 0 Å². The van der Waals surface area contributed by atoms with Gasteiger partial charge < -0.3 is 15.0 Å². The Hall–Kier alpha value is -2.59. The molecule has 2 aromatic rings. The molecule has 2 amide bonds. The number of rotatable bonds is 10. The molecular weight excluding hydrogens is 510 g/mol. The molecule has 1 unspecified atom stereocenters. The molecule has 2 rings (SSSR count). The van der Waals surface area contributed by atoms with E-state index in [9.17, 15) is 18.0 Å². The Kier molecular flexibility index (Phi) is 9.30. The van der Waals surface area contributed by atoms with Crippen LogP contribution in [-0.2, 0) is 26.2 Å². The van der Waals surface area contributed by atoms with Gasteiger partial charge >= 0.3 is 0 Å². The first kappa shape index (κ1) is 26.7. The number of nitrogens with zero attached hydrogens (tertiary/aromatic N) is 2. The third-order valence-corrected chi connectivity index (χ3v) is 6.55. The number of carbonyl (C=O) groups excluding carboxylic acids is 2. The highest BCUT2D eigenvalue weighted by Gasteiger charge is 2.30. The summed E-state index contributed by atoms with van der Waals surface area (Å²) in [5.41, 5.74) is 1.11. The predicted octanol–water partition coefficient (Wildman–Crippen LogP) is 3.17. The predicted molar refractivity (Wildman–Crippen MR) is 133 cm³/mol. The molecule has 0 spiro atoms. The summed E-state index contributed by atoms with van der Waals surface area (Å²) in [7, 11) is -2.32. The van der Waals surface area contributed by atoms with Gasteiger partial charge in [-0.15, -0.1) is 0 Å². The van der Waals surface area contributed by atoms with Crippen LogP contribution in [0.3, 0.4) is 0 Å². The minimum Gasteiger partial charge on any atom is -0.497 e. The SMILES string of the molecule is COc1cccc(N(CC(=O)N(Cc2ccc(Br)cc2)C(C)C(=O)NC(C)C)S(C)(=O)=O)c1. The molecule has 2 aromatic carbocycles. The van der Waals surface area contributed by atoms with E-state index in [2.05, 4.69) is 21.2 Å². The zero-order chi connectivity index (χ0) is 24.8. The molecule has 10 heteroatoms. The lowest BCUT2D eigenvalue weighted by molar-refractivity contribution is -0.139. The largest absolute Gasteiger partial charge is 0.497 e. The van der Waals surface area contributed by atoms with Crippen molar-refractivity contribution in [2.75, 3.05) is 24.2 Å². The van der Waals surface area contributed by atoms with Crippen molar-refractivity contribution in [3.8, 4) is 5.75 Å². The standard InChI is InChI=1S/C23H30BrN3O5S/c1-16(2)25-23(29)17(3)26(14-18-9-11-19(24)12-10-18)22(28)15-27(33(5,30)31)20-7-6-8-21(13-20)32-4/h6-13,16-17H,14-15H2,1-5H3,(H,25,29). The normalized spacial score (nSPS) is 12.2. The van der Waals surface area contributed by atoms with E-state index in [0.29, 0.717) is 11.4 Å². The monoisotopic (exact) mass is 539 g/mol. The highest BCUT2D eigenvalue weighted by Crippen LogP contribution is 2.24. The molecule has 0 radical (unpaired) electrons. The van der Waals surface area contributed by atoms with E-state index in [1.54, 1.807) is 31.2 Å². The Morgan fingerprint density at radius 2 is 1.73 bits per heavy atom. The number of hydrogen-bond acceptors (Lipinski definition) is 5. The van der Waals surface area contributed by atoms with Gasteiger partial charge in [0.1, 0.15) is 18.3 Å². The van der Waals surface area contributed by atoms with Crippen molar-refractivity contribution < 1.29 is 22.7 Å². The Bertz CT molecular complexity index is 1070. The number of anilines is 1. The van der Waals surface area contributed by atoms with E-state index in [0.717, 1.165) is 20.6 Å². The summed E-state index contributed by atoms with van der Waals surface area (Å²) in [5.74, 6) is -0.356. The number of benzene rings is 2. The molecule has 0 aliphatic heterocycles. The second-order valence-corrected chi connectivity index (χ2v) is 10.8. The van der Waals surface area contributed by atoms with E-state index in [1.165, 1.54) is 12.0 Å². The first-order valence-electron chi connectivity index (χ1n) is 10.4. The van der Waals surface area contributed by atoms with Crippen LogP contribution in [0.25, 0.3) is 0 Å². The highest BCUT2D eigenvalue weighted by atomic mass is 79.9. The number of nitrogens with one attached hydrogen (secondary N) is 1. The summed E-state index contributed by atoms with van der Waals surface area (Å²) in [6.45, 7) is 4.99. The fourth-order valence-corrected chi connectivity index (χ4v) is 4.26. The van der Waals surface area contributed by atoms with Crippen molar-refractivity contribution in [1.82, 2.24) is 10.2 Å². The lowest BCUT2D eigenvalue weighted by Gasteiger charge is -2.32. The molecule has 33 heavy (non-hydrogen) atoms. The average molecular weight is 540 g/mol. The van der Waals surface area contributed by atoms with Crippen LogP contribution in [0.5, 0.6) is 5.75 Å². The Balaban J connectivity index is 2.39. The van der Waals surface area contributed by atoms with Crippen LogP contribution in [0, 0.1) is 0 Å². The van der Waals surface area contributed by atoms with Crippen molar-refractivity contribution in [2.24, 2.45) is 0 Å². The number of halogens is 1. The van der Waals surface area contributed by atoms with Crippen LogP contribution < -0.4 is 14.4 Å². The lowest BCUT2D eigenvalue weighted by atomic mass is 10.1. The van der Waals surface area contributed by atoms with Gasteiger partial charge in [0.15, 0.2) is 0 Å². The van der Waals surface area contributed by atoms with Gasteiger partial charge in [0.2, 0.25) is 21.8 Å². The van der Waals surface area contributed by atoms with E-state index < -0.39 is 28.5 Å². The first-order chi connectivity index (χ1) is 15.4. The second kappa shape index (κ2) is 11.5. The van der Waals surface area contributed by atoms with E-state index in [-0.39, 0.29) is 18.5 Å². The summed E-state index contributed by atoms with van der Waals surface area (Å²) in [6, 6.07) is 12.9. The number of sulfonamides is 1. The van der Waals surface area contributed by atoms with Gasteiger partial charge in [0, 0.05) is 23.1 Å². The summed E-state index contributed by atoms with van der Waals surface area (Å²) in [5, 5.41) is 2.81. The number of amides is 2. The van der Waals surface area contributed by atoms with Gasteiger partial charge in [0.05, 0.1) is 19.1 Å². The van der Waals surface area contributed by atoms with Crippen LogP contribution >= 0.6 is 15.9 Å². The van der Waals surface area contributed by atoms with Crippen LogP contribution in [-0.4, -0.2) is 57.1 Å². The van der Waals surface area contributed by atoms with Gasteiger partial charge in [-0.25, -0.2) is 8.42 Å². The zero-order valence-electron chi connectivity index (χ0n) is 19.4. The average Bonchev–Trinajstić information content (AvgIpc) is 2.75. The third kappa shape index (κ3) is 7.75. The second-order valence-electron chi connectivity index (χ2n) is 7.96. The fraction of sp³-hybridized carbons (Fsp3) is 0.391. The number of carbonyl (C=O) groups is 2. The number of hydrogen-bond donors (Lipinski definition) is 1. The molecule has 8 nitrogen and oxygen atoms in total. The van der Waals surface area contributed by atoms with Crippen LogP contribution in [0.1, 0.15) is 26.3 Å². The molecule has 0 heterocycles. The van der Waals surface area contributed by atoms with Gasteiger partial charge in [-0.1, -0.05) is 34.1 Å². The van der Waals surface area contributed by atoms with Crippen LogP contribution in [0.2, 0.25) is 0 Å². The maximum Gasteiger partial charge on any atom is 0.244 e. The molecule has 0 aliphatic rings. The third-order valence-electron chi connectivity index (χ3n) is 4.88.